The van der Waals surface area contributed by atoms with Crippen molar-refractivity contribution in [2.75, 3.05) is 33.3 Å². The van der Waals surface area contributed by atoms with Crippen LogP contribution in [0.4, 0.5) is 5.82 Å². The first kappa shape index (κ1) is 28.3. The molecule has 0 spiro atoms. The molecule has 216 valence electrons. The fourth-order valence-corrected chi connectivity index (χ4v) is 6.10. The molecule has 9 heteroatoms. The molecule has 1 aromatic heterocycles. The summed E-state index contributed by atoms with van der Waals surface area (Å²) in [6, 6.07) is 15.4. The molecule has 0 radical (unpaired) electrons. The fraction of sp³-hybridized carbons (Fsp3) is 0.406. The van der Waals surface area contributed by atoms with E-state index in [2.05, 4.69) is 5.32 Å². The highest BCUT2D eigenvalue weighted by Crippen LogP contribution is 2.54. The molecule has 1 aliphatic heterocycles. The summed E-state index contributed by atoms with van der Waals surface area (Å²) in [4.78, 5) is 32.6. The Labute approximate surface area is 240 Å². The third kappa shape index (κ3) is 5.40. The predicted molar refractivity (Wildman–Crippen MR) is 155 cm³/mol. The second kappa shape index (κ2) is 11.3. The van der Waals surface area contributed by atoms with Crippen molar-refractivity contribution in [2.24, 2.45) is 11.8 Å². The molecule has 2 aromatic carbocycles. The van der Waals surface area contributed by atoms with E-state index < -0.39 is 23.7 Å². The van der Waals surface area contributed by atoms with Crippen LogP contribution in [-0.2, 0) is 16.0 Å². The second-order valence-corrected chi connectivity index (χ2v) is 11.3. The number of nitrogens with one attached hydrogen (secondary N) is 1. The van der Waals surface area contributed by atoms with Crippen LogP contribution < -0.4 is 19.5 Å². The monoisotopic (exact) mass is 559 g/mol. The zero-order chi connectivity index (χ0) is 29.4. The lowest BCUT2D eigenvalue weighted by Gasteiger charge is -2.26. The van der Waals surface area contributed by atoms with Gasteiger partial charge in [-0.05, 0) is 72.9 Å². The van der Waals surface area contributed by atoms with Gasteiger partial charge in [0.2, 0.25) is 12.7 Å². The third-order valence-corrected chi connectivity index (χ3v) is 7.86. The van der Waals surface area contributed by atoms with E-state index in [0.717, 1.165) is 22.3 Å². The number of amides is 1. The summed E-state index contributed by atoms with van der Waals surface area (Å²) < 4.78 is 16.7. The number of carboxylic acid groups (broad SMARTS) is 1. The minimum atomic E-state index is -0.923. The van der Waals surface area contributed by atoms with E-state index in [1.807, 2.05) is 69.3 Å². The zero-order valence-corrected chi connectivity index (χ0v) is 24.3. The standard InChI is InChI=1S/C32H37N3O6/c1-17(2)33-26-12-10-23-27(19-7-11-24-25(15-19)41-16-40-24)29(32(37)38)28(30(23)34-26)22-9-8-21(39-6)14-20(22)13-18(3)31(36)35(4)5/h7-12,14-15,17-18,27-29H,13,16H2,1-6H3,(H,33,34)(H,37,38)/t18?,27-,28-,29+/m0/s1. The maximum absolute atomic E-state index is 13.2. The lowest BCUT2D eigenvalue weighted by atomic mass is 9.78. The minimum Gasteiger partial charge on any atom is -0.497 e. The van der Waals surface area contributed by atoms with E-state index in [1.54, 1.807) is 26.1 Å². The number of aromatic nitrogens is 1. The van der Waals surface area contributed by atoms with Crippen LogP contribution in [0.25, 0.3) is 0 Å². The first-order valence-corrected chi connectivity index (χ1v) is 13.9. The Kier molecular flexibility index (Phi) is 7.80. The molecule has 2 N–H and O–H groups in total. The predicted octanol–water partition coefficient (Wildman–Crippen LogP) is 4.88. The highest BCUT2D eigenvalue weighted by atomic mass is 16.7. The largest absolute Gasteiger partial charge is 0.497 e. The summed E-state index contributed by atoms with van der Waals surface area (Å²) in [6.07, 6.45) is 0.431. The van der Waals surface area contributed by atoms with E-state index in [-0.39, 0.29) is 24.7 Å². The zero-order valence-electron chi connectivity index (χ0n) is 24.3. The lowest BCUT2D eigenvalue weighted by molar-refractivity contribution is -0.142. The number of carbonyl (C=O) groups is 2. The molecule has 2 aliphatic rings. The Morgan fingerprint density at radius 1 is 1.02 bits per heavy atom. The number of aliphatic carboxylic acids is 1. The number of pyridine rings is 1. The Bertz CT molecular complexity index is 1470. The average Bonchev–Trinajstić information content (AvgIpc) is 3.54. The number of hydrogen-bond acceptors (Lipinski definition) is 7. The maximum atomic E-state index is 13.2. The number of carbonyl (C=O) groups excluding carboxylic acids is 1. The van der Waals surface area contributed by atoms with Crippen molar-refractivity contribution in [1.29, 1.82) is 0 Å². The number of hydrogen-bond donors (Lipinski definition) is 2. The minimum absolute atomic E-state index is 0.000146. The molecule has 9 nitrogen and oxygen atoms in total. The SMILES string of the molecule is COc1ccc([C@@H]2c3nc(NC(C)C)ccc3[C@H](c3ccc4c(c3)OCO4)[C@H]2C(=O)O)c(CC(C)C(=O)N(C)C)c1. The van der Waals surface area contributed by atoms with Gasteiger partial charge in [-0.3, -0.25) is 9.59 Å². The molecule has 4 atom stereocenters. The van der Waals surface area contributed by atoms with Crippen molar-refractivity contribution in [3.8, 4) is 17.2 Å². The number of carboxylic acids is 1. The number of ether oxygens (including phenoxy) is 3. The Morgan fingerprint density at radius 2 is 1.76 bits per heavy atom. The molecule has 2 heterocycles. The van der Waals surface area contributed by atoms with E-state index in [1.165, 1.54) is 0 Å². The highest BCUT2D eigenvalue weighted by Gasteiger charge is 2.48. The summed E-state index contributed by atoms with van der Waals surface area (Å²) in [5, 5.41) is 14.2. The van der Waals surface area contributed by atoms with Crippen molar-refractivity contribution in [3.05, 3.63) is 76.5 Å². The average molecular weight is 560 g/mol. The molecule has 3 aromatic rings. The smallest absolute Gasteiger partial charge is 0.308 e. The topological polar surface area (TPSA) is 110 Å². The van der Waals surface area contributed by atoms with Gasteiger partial charge in [-0.2, -0.15) is 0 Å². The van der Waals surface area contributed by atoms with Crippen LogP contribution in [0, 0.1) is 11.8 Å². The molecule has 5 rings (SSSR count). The summed E-state index contributed by atoms with van der Waals surface area (Å²) in [6.45, 7) is 6.09. The summed E-state index contributed by atoms with van der Waals surface area (Å²) in [5.41, 5.74) is 4.08. The van der Waals surface area contributed by atoms with Crippen molar-refractivity contribution >= 4 is 17.7 Å². The second-order valence-electron chi connectivity index (χ2n) is 11.3. The first-order chi connectivity index (χ1) is 19.6. The van der Waals surface area contributed by atoms with E-state index in [4.69, 9.17) is 19.2 Å². The molecule has 0 fully saturated rings. The Morgan fingerprint density at radius 3 is 2.44 bits per heavy atom. The molecule has 0 bridgehead atoms. The van der Waals surface area contributed by atoms with Gasteiger partial charge < -0.3 is 29.5 Å². The summed E-state index contributed by atoms with van der Waals surface area (Å²) >= 11 is 0. The van der Waals surface area contributed by atoms with Gasteiger partial charge in [0.05, 0.1) is 18.7 Å². The third-order valence-electron chi connectivity index (χ3n) is 7.86. The Balaban J connectivity index is 1.69. The van der Waals surface area contributed by atoms with E-state index >= 15 is 0 Å². The number of anilines is 1. The van der Waals surface area contributed by atoms with Crippen LogP contribution >= 0.6 is 0 Å². The van der Waals surface area contributed by atoms with Crippen molar-refractivity contribution < 1.29 is 28.9 Å². The van der Waals surface area contributed by atoms with Crippen molar-refractivity contribution in [2.45, 2.75) is 45.1 Å². The molecule has 1 amide bonds. The number of fused-ring (bicyclic) bond motifs is 2. The van der Waals surface area contributed by atoms with Crippen LogP contribution in [0.2, 0.25) is 0 Å². The summed E-state index contributed by atoms with van der Waals surface area (Å²) in [5.74, 6) is -0.544. The van der Waals surface area contributed by atoms with Crippen LogP contribution in [0.15, 0.2) is 48.5 Å². The van der Waals surface area contributed by atoms with Gasteiger partial charge in [0.1, 0.15) is 11.6 Å². The fourth-order valence-electron chi connectivity index (χ4n) is 6.10. The molecular formula is C32H37N3O6. The number of benzene rings is 2. The molecular weight excluding hydrogens is 522 g/mol. The van der Waals surface area contributed by atoms with Crippen LogP contribution in [0.3, 0.4) is 0 Å². The van der Waals surface area contributed by atoms with Crippen LogP contribution in [0.1, 0.15) is 60.6 Å². The molecule has 0 saturated heterocycles. The number of rotatable bonds is 9. The molecule has 1 aliphatic carbocycles. The molecule has 41 heavy (non-hydrogen) atoms. The van der Waals surface area contributed by atoms with Crippen LogP contribution in [-0.4, -0.2) is 60.9 Å². The Hall–Kier alpha value is -4.27. The molecule has 1 unspecified atom stereocenters. The number of methoxy groups -OCH3 is 1. The van der Waals surface area contributed by atoms with Gasteiger partial charge in [0.25, 0.3) is 0 Å². The maximum Gasteiger partial charge on any atom is 0.308 e. The molecule has 0 saturated carbocycles. The van der Waals surface area contributed by atoms with E-state index in [9.17, 15) is 14.7 Å². The van der Waals surface area contributed by atoms with Gasteiger partial charge in [-0.1, -0.05) is 25.1 Å². The van der Waals surface area contributed by atoms with Gasteiger partial charge >= 0.3 is 5.97 Å². The quantitative estimate of drug-likeness (QED) is 0.382. The summed E-state index contributed by atoms with van der Waals surface area (Å²) in [7, 11) is 5.07. The normalized spacial score (nSPS) is 19.5. The van der Waals surface area contributed by atoms with Crippen molar-refractivity contribution in [1.82, 2.24) is 9.88 Å². The first-order valence-electron chi connectivity index (χ1n) is 13.9. The number of nitrogens with zero attached hydrogens (tertiary/aromatic N) is 2. The lowest BCUT2D eigenvalue weighted by Crippen LogP contribution is -2.30. The highest BCUT2D eigenvalue weighted by molar-refractivity contribution is 5.79. The van der Waals surface area contributed by atoms with Crippen LogP contribution in [0.5, 0.6) is 17.2 Å². The van der Waals surface area contributed by atoms with Gasteiger partial charge in [-0.25, -0.2) is 4.98 Å². The van der Waals surface area contributed by atoms with Crippen molar-refractivity contribution in [3.63, 3.8) is 0 Å². The van der Waals surface area contributed by atoms with E-state index in [0.29, 0.717) is 35.2 Å². The van der Waals surface area contributed by atoms with Gasteiger partial charge in [0.15, 0.2) is 11.5 Å². The van der Waals surface area contributed by atoms with Gasteiger partial charge in [0, 0.05) is 37.9 Å². The van der Waals surface area contributed by atoms with Gasteiger partial charge in [-0.15, -0.1) is 0 Å².